The SMILES string of the molecule is O=C=NC1(c2ccc(OC3CS(=O)(=O)C3)c(Br)c2)CCC1. The van der Waals surface area contributed by atoms with Crippen molar-refractivity contribution < 1.29 is 17.9 Å². The van der Waals surface area contributed by atoms with Crippen molar-refractivity contribution in [1.29, 1.82) is 0 Å². The van der Waals surface area contributed by atoms with Crippen LogP contribution in [-0.4, -0.2) is 32.1 Å². The molecule has 0 aromatic heterocycles. The predicted octanol–water partition coefficient (Wildman–Crippen LogP) is 2.34. The van der Waals surface area contributed by atoms with Crippen LogP contribution in [-0.2, 0) is 20.2 Å². The number of carbonyl (C=O) groups excluding carboxylic acids is 1. The fraction of sp³-hybridized carbons (Fsp3) is 0.500. The van der Waals surface area contributed by atoms with E-state index < -0.39 is 15.4 Å². The molecule has 1 saturated heterocycles. The van der Waals surface area contributed by atoms with Gasteiger partial charge in [-0.3, -0.25) is 0 Å². The molecule has 0 atom stereocenters. The van der Waals surface area contributed by atoms with E-state index in [1.807, 2.05) is 12.1 Å². The van der Waals surface area contributed by atoms with E-state index >= 15 is 0 Å². The summed E-state index contributed by atoms with van der Waals surface area (Å²) in [6, 6.07) is 5.57. The van der Waals surface area contributed by atoms with Crippen molar-refractivity contribution in [3.63, 3.8) is 0 Å². The fourth-order valence-corrected chi connectivity index (χ4v) is 4.36. The summed E-state index contributed by atoms with van der Waals surface area (Å²) in [5.41, 5.74) is 0.514. The minimum absolute atomic E-state index is 0.0700. The molecule has 1 aliphatic carbocycles. The standard InChI is InChI=1S/C14H14BrNO4S/c15-12-6-10(14(16-9-17)4-1-5-14)2-3-13(12)20-11-7-21(18,19)8-11/h2-3,6,11H,1,4-5,7-8H2. The lowest BCUT2D eigenvalue weighted by molar-refractivity contribution is 0.227. The van der Waals surface area contributed by atoms with Gasteiger partial charge in [0.05, 0.1) is 21.5 Å². The molecule has 0 amide bonds. The van der Waals surface area contributed by atoms with Crippen LogP contribution in [0.3, 0.4) is 0 Å². The molecular formula is C14H14BrNO4S. The minimum Gasteiger partial charge on any atom is -0.487 e. The van der Waals surface area contributed by atoms with Gasteiger partial charge in [0.2, 0.25) is 6.08 Å². The van der Waals surface area contributed by atoms with Gasteiger partial charge in [-0.25, -0.2) is 13.2 Å². The second-order valence-electron chi connectivity index (χ2n) is 5.55. The summed E-state index contributed by atoms with van der Waals surface area (Å²) in [5.74, 6) is 0.754. The summed E-state index contributed by atoms with van der Waals surface area (Å²) in [7, 11) is -2.90. The molecule has 2 fully saturated rings. The van der Waals surface area contributed by atoms with Gasteiger partial charge in [0, 0.05) is 0 Å². The molecule has 21 heavy (non-hydrogen) atoms. The van der Waals surface area contributed by atoms with Gasteiger partial charge in [-0.05, 0) is 52.9 Å². The number of hydrogen-bond donors (Lipinski definition) is 0. The van der Waals surface area contributed by atoms with Gasteiger partial charge < -0.3 is 4.74 Å². The average molecular weight is 372 g/mol. The zero-order chi connectivity index (χ0) is 15.1. The third-order valence-electron chi connectivity index (χ3n) is 4.08. The van der Waals surface area contributed by atoms with E-state index in [0.717, 1.165) is 29.3 Å². The Hall–Kier alpha value is -1.17. The predicted molar refractivity (Wildman–Crippen MR) is 80.9 cm³/mol. The first-order valence-electron chi connectivity index (χ1n) is 6.70. The summed E-state index contributed by atoms with van der Waals surface area (Å²) < 4.78 is 28.7. The van der Waals surface area contributed by atoms with Crippen molar-refractivity contribution in [3.05, 3.63) is 28.2 Å². The van der Waals surface area contributed by atoms with E-state index in [9.17, 15) is 13.2 Å². The van der Waals surface area contributed by atoms with Gasteiger partial charge in [-0.15, -0.1) is 0 Å². The summed E-state index contributed by atoms with van der Waals surface area (Å²) in [6.07, 6.45) is 4.12. The van der Waals surface area contributed by atoms with Crippen LogP contribution >= 0.6 is 15.9 Å². The smallest absolute Gasteiger partial charge is 0.235 e. The van der Waals surface area contributed by atoms with E-state index in [-0.39, 0.29) is 17.6 Å². The monoisotopic (exact) mass is 371 g/mol. The average Bonchev–Trinajstić information content (AvgIpc) is 2.34. The Kier molecular flexibility index (Phi) is 3.67. The third-order valence-corrected chi connectivity index (χ3v) is 6.46. The summed E-state index contributed by atoms with van der Waals surface area (Å²) >= 11 is 3.44. The number of hydrogen-bond acceptors (Lipinski definition) is 5. The summed E-state index contributed by atoms with van der Waals surface area (Å²) in [6.45, 7) is 0. The lowest BCUT2D eigenvalue weighted by Crippen LogP contribution is -2.45. The zero-order valence-electron chi connectivity index (χ0n) is 11.2. The molecule has 7 heteroatoms. The maximum absolute atomic E-state index is 11.1. The van der Waals surface area contributed by atoms with Crippen molar-refractivity contribution in [2.45, 2.75) is 30.9 Å². The van der Waals surface area contributed by atoms with E-state index in [1.54, 1.807) is 12.1 Å². The van der Waals surface area contributed by atoms with Gasteiger partial charge in [0.1, 0.15) is 11.9 Å². The number of sulfone groups is 1. The molecule has 1 aromatic carbocycles. The molecule has 1 aliphatic heterocycles. The quantitative estimate of drug-likeness (QED) is 0.601. The normalized spacial score (nSPS) is 22.5. The molecule has 112 valence electrons. The fourth-order valence-electron chi connectivity index (χ4n) is 2.72. The molecule has 2 aliphatic rings. The number of aliphatic imine (C=N–C) groups is 1. The van der Waals surface area contributed by atoms with E-state index in [0.29, 0.717) is 5.75 Å². The van der Waals surface area contributed by atoms with Crippen LogP contribution in [0.4, 0.5) is 0 Å². The van der Waals surface area contributed by atoms with Crippen LogP contribution in [0.2, 0.25) is 0 Å². The Bertz CT molecular complexity index is 708. The topological polar surface area (TPSA) is 72.8 Å². The van der Waals surface area contributed by atoms with Crippen LogP contribution in [0.5, 0.6) is 5.75 Å². The minimum atomic E-state index is -2.90. The number of benzene rings is 1. The first-order chi connectivity index (χ1) is 9.94. The summed E-state index contributed by atoms with van der Waals surface area (Å²) in [5, 5.41) is 0. The van der Waals surface area contributed by atoms with E-state index in [2.05, 4.69) is 20.9 Å². The van der Waals surface area contributed by atoms with E-state index in [4.69, 9.17) is 4.74 Å². The maximum Gasteiger partial charge on any atom is 0.235 e. The molecule has 0 radical (unpaired) electrons. The Morgan fingerprint density at radius 3 is 2.52 bits per heavy atom. The largest absolute Gasteiger partial charge is 0.487 e. The Morgan fingerprint density at radius 2 is 2.05 bits per heavy atom. The molecule has 5 nitrogen and oxygen atoms in total. The Balaban J connectivity index is 1.79. The van der Waals surface area contributed by atoms with Crippen molar-refractivity contribution in [3.8, 4) is 5.75 Å². The first-order valence-corrected chi connectivity index (χ1v) is 9.32. The van der Waals surface area contributed by atoms with Gasteiger partial charge in [0.25, 0.3) is 0 Å². The lowest BCUT2D eigenvalue weighted by Gasteiger charge is -2.37. The van der Waals surface area contributed by atoms with Gasteiger partial charge >= 0.3 is 0 Å². The van der Waals surface area contributed by atoms with Crippen molar-refractivity contribution in [2.24, 2.45) is 4.99 Å². The zero-order valence-corrected chi connectivity index (χ0v) is 13.6. The number of rotatable bonds is 4. The number of nitrogens with zero attached hydrogens (tertiary/aromatic N) is 1. The molecule has 0 N–H and O–H groups in total. The molecule has 3 rings (SSSR count). The Morgan fingerprint density at radius 1 is 1.33 bits per heavy atom. The highest BCUT2D eigenvalue weighted by atomic mass is 79.9. The third kappa shape index (κ3) is 2.78. The van der Waals surface area contributed by atoms with Crippen molar-refractivity contribution >= 4 is 31.8 Å². The van der Waals surface area contributed by atoms with Gasteiger partial charge in [-0.1, -0.05) is 6.07 Å². The first kappa shape index (κ1) is 14.8. The molecule has 0 bridgehead atoms. The molecule has 1 heterocycles. The molecule has 0 spiro atoms. The van der Waals surface area contributed by atoms with Gasteiger partial charge in [0.15, 0.2) is 9.84 Å². The lowest BCUT2D eigenvalue weighted by atomic mass is 9.72. The highest BCUT2D eigenvalue weighted by Crippen LogP contribution is 2.46. The highest BCUT2D eigenvalue weighted by Gasteiger charge is 2.39. The number of ether oxygens (including phenoxy) is 1. The van der Waals surface area contributed by atoms with Crippen LogP contribution in [0.1, 0.15) is 24.8 Å². The van der Waals surface area contributed by atoms with Crippen LogP contribution in [0, 0.1) is 0 Å². The molecule has 1 aromatic rings. The van der Waals surface area contributed by atoms with Crippen molar-refractivity contribution in [2.75, 3.05) is 11.5 Å². The van der Waals surface area contributed by atoms with Gasteiger partial charge in [-0.2, -0.15) is 4.99 Å². The summed E-state index contributed by atoms with van der Waals surface area (Å²) in [4.78, 5) is 14.6. The van der Waals surface area contributed by atoms with E-state index in [1.165, 1.54) is 0 Å². The second-order valence-corrected chi connectivity index (χ2v) is 8.56. The molecule has 0 unspecified atom stereocenters. The second kappa shape index (κ2) is 5.23. The maximum atomic E-state index is 11.1. The van der Waals surface area contributed by atoms with Crippen LogP contribution < -0.4 is 4.74 Å². The van der Waals surface area contributed by atoms with Crippen LogP contribution in [0.25, 0.3) is 0 Å². The van der Waals surface area contributed by atoms with Crippen LogP contribution in [0.15, 0.2) is 27.7 Å². The highest BCUT2D eigenvalue weighted by molar-refractivity contribution is 9.10. The number of isocyanates is 1. The molecule has 1 saturated carbocycles. The molecular weight excluding hydrogens is 358 g/mol. The van der Waals surface area contributed by atoms with Crippen molar-refractivity contribution in [1.82, 2.24) is 0 Å². The number of halogens is 1. The Labute approximate surface area is 131 Å².